The molecule has 3 nitrogen and oxygen atoms in total. The predicted octanol–water partition coefficient (Wildman–Crippen LogP) is 2.88. The Morgan fingerprint density at radius 1 is 1.57 bits per heavy atom. The van der Waals surface area contributed by atoms with Crippen LogP contribution in [-0.4, -0.2) is 21.3 Å². The number of aryl methyl sites for hydroxylation is 1. The molecule has 80 valence electrons. The monoisotopic (exact) mass is 234 g/mol. The van der Waals surface area contributed by atoms with Crippen LogP contribution in [0.1, 0.15) is 32.0 Å². The number of alkyl halides is 1. The number of hydrogen-bond acceptors (Lipinski definition) is 4. The van der Waals surface area contributed by atoms with Crippen LogP contribution in [0, 0.1) is 0 Å². The predicted molar refractivity (Wildman–Crippen MR) is 59.8 cm³/mol. The van der Waals surface area contributed by atoms with Gasteiger partial charge >= 0.3 is 0 Å². The molecule has 1 atom stereocenters. The molecule has 1 heterocycles. The van der Waals surface area contributed by atoms with E-state index in [0.717, 1.165) is 18.0 Å². The van der Waals surface area contributed by atoms with Crippen molar-refractivity contribution in [3.63, 3.8) is 0 Å². The molecular weight excluding hydrogens is 220 g/mol. The van der Waals surface area contributed by atoms with Crippen LogP contribution in [0.4, 0.5) is 0 Å². The van der Waals surface area contributed by atoms with E-state index in [1.54, 1.807) is 0 Å². The Kier molecular flexibility index (Phi) is 5.33. The second-order valence-electron chi connectivity index (χ2n) is 3.07. The van der Waals surface area contributed by atoms with Gasteiger partial charge in [0.2, 0.25) is 5.89 Å². The largest absolute Gasteiger partial charge is 0.339 e. The molecule has 0 aliphatic heterocycles. The van der Waals surface area contributed by atoms with Crippen LogP contribution in [0.3, 0.4) is 0 Å². The van der Waals surface area contributed by atoms with Crippen LogP contribution in [0.25, 0.3) is 0 Å². The molecule has 0 saturated carbocycles. The summed E-state index contributed by atoms with van der Waals surface area (Å²) in [5, 5.41) is 4.52. The lowest BCUT2D eigenvalue weighted by Gasteiger charge is -2.04. The molecule has 14 heavy (non-hydrogen) atoms. The molecule has 0 aliphatic rings. The van der Waals surface area contributed by atoms with Gasteiger partial charge in [0.05, 0.1) is 5.75 Å². The summed E-state index contributed by atoms with van der Waals surface area (Å²) in [5.74, 6) is 2.76. The molecule has 1 aromatic rings. The van der Waals surface area contributed by atoms with Gasteiger partial charge in [-0.2, -0.15) is 16.7 Å². The maximum Gasteiger partial charge on any atom is 0.227 e. The highest BCUT2D eigenvalue weighted by atomic mass is 35.5. The van der Waals surface area contributed by atoms with Crippen LogP contribution in [0.15, 0.2) is 4.52 Å². The smallest absolute Gasteiger partial charge is 0.227 e. The average molecular weight is 235 g/mol. The van der Waals surface area contributed by atoms with Crippen LogP contribution >= 0.6 is 23.4 Å². The average Bonchev–Trinajstić information content (AvgIpc) is 2.63. The first-order valence-electron chi connectivity index (χ1n) is 4.75. The number of hydrogen-bond donors (Lipinski definition) is 0. The van der Waals surface area contributed by atoms with E-state index in [2.05, 4.69) is 24.0 Å². The van der Waals surface area contributed by atoms with E-state index in [4.69, 9.17) is 16.1 Å². The Bertz CT molecular complexity index is 267. The van der Waals surface area contributed by atoms with Crippen LogP contribution in [-0.2, 0) is 12.2 Å². The molecule has 1 unspecified atom stereocenters. The summed E-state index contributed by atoms with van der Waals surface area (Å²) in [6.45, 7) is 4.37. The number of aromatic nitrogens is 2. The maximum absolute atomic E-state index is 5.56. The molecule has 0 saturated heterocycles. The van der Waals surface area contributed by atoms with Crippen molar-refractivity contribution >= 4 is 23.4 Å². The summed E-state index contributed by atoms with van der Waals surface area (Å²) in [6.07, 6.45) is 1.82. The fourth-order valence-electron chi connectivity index (χ4n) is 0.866. The third kappa shape index (κ3) is 3.88. The molecule has 0 bridgehead atoms. The summed E-state index contributed by atoms with van der Waals surface area (Å²) in [4.78, 5) is 4.22. The highest BCUT2D eigenvalue weighted by Crippen LogP contribution is 2.17. The van der Waals surface area contributed by atoms with Gasteiger partial charge in [-0.1, -0.05) is 19.0 Å². The van der Waals surface area contributed by atoms with Gasteiger partial charge in [0.1, 0.15) is 0 Å². The van der Waals surface area contributed by atoms with Gasteiger partial charge in [0.15, 0.2) is 5.82 Å². The van der Waals surface area contributed by atoms with E-state index < -0.39 is 0 Å². The van der Waals surface area contributed by atoms with Gasteiger partial charge in [0.25, 0.3) is 0 Å². The Balaban J connectivity index is 2.35. The molecular formula is C9H15ClN2OS. The van der Waals surface area contributed by atoms with E-state index in [-0.39, 0.29) is 0 Å². The highest BCUT2D eigenvalue weighted by molar-refractivity contribution is 7.99. The Hall–Kier alpha value is -0.220. The zero-order valence-electron chi connectivity index (χ0n) is 8.49. The Labute approximate surface area is 93.6 Å². The third-order valence-corrected chi connectivity index (χ3v) is 3.41. The van der Waals surface area contributed by atoms with Gasteiger partial charge in [0, 0.05) is 17.6 Å². The molecule has 0 fully saturated rings. The quantitative estimate of drug-likeness (QED) is 0.710. The highest BCUT2D eigenvalue weighted by Gasteiger charge is 2.07. The normalized spacial score (nSPS) is 13.1. The lowest BCUT2D eigenvalue weighted by molar-refractivity contribution is 0.378. The minimum absolute atomic E-state index is 0.528. The third-order valence-electron chi connectivity index (χ3n) is 1.89. The maximum atomic E-state index is 5.56. The Morgan fingerprint density at radius 3 is 3.00 bits per heavy atom. The van der Waals surface area contributed by atoms with Crippen LogP contribution in [0.2, 0.25) is 0 Å². The second-order valence-corrected chi connectivity index (χ2v) is 4.88. The Morgan fingerprint density at radius 2 is 2.36 bits per heavy atom. The van der Waals surface area contributed by atoms with Crippen molar-refractivity contribution in [2.75, 3.05) is 5.88 Å². The van der Waals surface area contributed by atoms with Gasteiger partial charge in [-0.3, -0.25) is 0 Å². The first-order chi connectivity index (χ1) is 6.76. The zero-order chi connectivity index (χ0) is 10.4. The topological polar surface area (TPSA) is 38.9 Å². The zero-order valence-corrected chi connectivity index (χ0v) is 10.1. The van der Waals surface area contributed by atoms with E-state index in [0.29, 0.717) is 23.4 Å². The molecule has 1 aromatic heterocycles. The van der Waals surface area contributed by atoms with Crippen molar-refractivity contribution in [3.05, 3.63) is 11.7 Å². The first-order valence-corrected chi connectivity index (χ1v) is 6.33. The number of nitrogens with zero attached hydrogens (tertiary/aromatic N) is 2. The minimum atomic E-state index is 0.528. The SMILES string of the molecule is CCC(C)SCc1noc(CCCl)n1. The summed E-state index contributed by atoms with van der Waals surface area (Å²) in [5.41, 5.74) is 0. The number of rotatable bonds is 6. The van der Waals surface area contributed by atoms with Crippen molar-refractivity contribution in [1.82, 2.24) is 10.1 Å². The molecule has 0 amide bonds. The second kappa shape index (κ2) is 6.30. The van der Waals surface area contributed by atoms with E-state index in [1.807, 2.05) is 11.8 Å². The van der Waals surface area contributed by atoms with Gasteiger partial charge < -0.3 is 4.52 Å². The van der Waals surface area contributed by atoms with Crippen molar-refractivity contribution in [3.8, 4) is 0 Å². The number of thioether (sulfide) groups is 1. The molecule has 0 spiro atoms. The van der Waals surface area contributed by atoms with E-state index in [1.165, 1.54) is 0 Å². The van der Waals surface area contributed by atoms with E-state index >= 15 is 0 Å². The lowest BCUT2D eigenvalue weighted by Crippen LogP contribution is -1.95. The van der Waals surface area contributed by atoms with Gasteiger partial charge in [-0.25, -0.2) is 0 Å². The molecule has 0 radical (unpaired) electrons. The van der Waals surface area contributed by atoms with Crippen LogP contribution < -0.4 is 0 Å². The first kappa shape index (κ1) is 11.9. The minimum Gasteiger partial charge on any atom is -0.339 e. The lowest BCUT2D eigenvalue weighted by atomic mass is 10.4. The fraction of sp³-hybridized carbons (Fsp3) is 0.778. The standard InChI is InChI=1S/C9H15ClN2OS/c1-3-7(2)14-6-8-11-9(4-5-10)13-12-8/h7H,3-6H2,1-2H3. The van der Waals surface area contributed by atoms with E-state index in [9.17, 15) is 0 Å². The summed E-state index contributed by atoms with van der Waals surface area (Å²) in [6, 6.07) is 0. The summed E-state index contributed by atoms with van der Waals surface area (Å²) >= 11 is 7.41. The van der Waals surface area contributed by atoms with Gasteiger partial charge in [-0.15, -0.1) is 11.6 Å². The molecule has 0 aromatic carbocycles. The molecule has 0 N–H and O–H groups in total. The molecule has 1 rings (SSSR count). The molecule has 0 aliphatic carbocycles. The summed E-state index contributed by atoms with van der Waals surface area (Å²) in [7, 11) is 0. The van der Waals surface area contributed by atoms with Crippen LogP contribution in [0.5, 0.6) is 0 Å². The van der Waals surface area contributed by atoms with Crippen molar-refractivity contribution in [1.29, 1.82) is 0 Å². The fourth-order valence-corrected chi connectivity index (χ4v) is 1.81. The van der Waals surface area contributed by atoms with Gasteiger partial charge in [-0.05, 0) is 6.42 Å². The number of halogens is 1. The summed E-state index contributed by atoms with van der Waals surface area (Å²) < 4.78 is 5.01. The van der Waals surface area contributed by atoms with Crippen molar-refractivity contribution in [2.45, 2.75) is 37.7 Å². The van der Waals surface area contributed by atoms with Crippen molar-refractivity contribution < 1.29 is 4.52 Å². The van der Waals surface area contributed by atoms with Crippen molar-refractivity contribution in [2.24, 2.45) is 0 Å². The molecule has 5 heteroatoms.